The van der Waals surface area contributed by atoms with Crippen LogP contribution in [0, 0.1) is 5.92 Å². The standard InChI is InChI=1S/C21H31ClN4O2/c1-3-24(2)20(27)19(16-7-4-5-8-16)25-11-13-26(14-12-25)21(28)23-18-10-6-9-17(22)15-18/h6,9-10,15-16,19H,3-5,7-8,11-14H2,1-2H3,(H,23,28)/t19-/m0/s1. The fourth-order valence-corrected chi connectivity index (χ4v) is 4.47. The molecule has 1 saturated heterocycles. The Balaban J connectivity index is 1.60. The van der Waals surface area contributed by atoms with Crippen LogP contribution in [0.25, 0.3) is 0 Å². The van der Waals surface area contributed by atoms with Gasteiger partial charge in [0.05, 0.1) is 6.04 Å². The minimum Gasteiger partial charge on any atom is -0.345 e. The summed E-state index contributed by atoms with van der Waals surface area (Å²) >= 11 is 5.99. The second-order valence-corrected chi connectivity index (χ2v) is 8.24. The number of amides is 3. The highest BCUT2D eigenvalue weighted by Crippen LogP contribution is 2.32. The third-order valence-electron chi connectivity index (χ3n) is 6.02. The SMILES string of the molecule is CCN(C)C(=O)[C@H](C1CCCC1)N1CCN(C(=O)Nc2cccc(Cl)c2)CC1. The van der Waals surface area contributed by atoms with Gasteiger partial charge in [0.2, 0.25) is 5.91 Å². The fraction of sp³-hybridized carbons (Fsp3) is 0.619. The van der Waals surface area contributed by atoms with E-state index in [1.165, 1.54) is 12.8 Å². The number of piperazine rings is 1. The predicted molar refractivity (Wildman–Crippen MR) is 113 cm³/mol. The van der Waals surface area contributed by atoms with E-state index in [0.717, 1.165) is 32.5 Å². The molecule has 1 atom stereocenters. The molecule has 3 amide bonds. The molecule has 0 radical (unpaired) electrons. The van der Waals surface area contributed by atoms with E-state index in [9.17, 15) is 9.59 Å². The second kappa shape index (κ2) is 9.61. The number of carbonyl (C=O) groups is 2. The number of nitrogens with zero attached hydrogens (tertiary/aromatic N) is 3. The molecule has 1 aliphatic carbocycles. The molecular formula is C21H31ClN4O2. The van der Waals surface area contributed by atoms with Crippen LogP contribution in [0.3, 0.4) is 0 Å². The average Bonchev–Trinajstić information content (AvgIpc) is 3.22. The maximum Gasteiger partial charge on any atom is 0.321 e. The quantitative estimate of drug-likeness (QED) is 0.813. The highest BCUT2D eigenvalue weighted by molar-refractivity contribution is 6.30. The van der Waals surface area contributed by atoms with Gasteiger partial charge in [-0.3, -0.25) is 9.69 Å². The van der Waals surface area contributed by atoms with E-state index in [-0.39, 0.29) is 18.0 Å². The number of hydrogen-bond acceptors (Lipinski definition) is 3. The highest BCUT2D eigenvalue weighted by Gasteiger charge is 2.38. The van der Waals surface area contributed by atoms with Gasteiger partial charge in [-0.15, -0.1) is 0 Å². The number of benzene rings is 1. The molecule has 0 spiro atoms. The van der Waals surface area contributed by atoms with Gasteiger partial charge in [0.25, 0.3) is 0 Å². The fourth-order valence-electron chi connectivity index (χ4n) is 4.28. The molecule has 1 N–H and O–H groups in total. The summed E-state index contributed by atoms with van der Waals surface area (Å²) in [5, 5.41) is 3.51. The van der Waals surface area contributed by atoms with Gasteiger partial charge in [-0.05, 0) is 43.9 Å². The first-order chi connectivity index (χ1) is 13.5. The highest BCUT2D eigenvalue weighted by atomic mass is 35.5. The summed E-state index contributed by atoms with van der Waals surface area (Å²) in [6, 6.07) is 7.00. The van der Waals surface area contributed by atoms with Crippen molar-refractivity contribution in [1.29, 1.82) is 0 Å². The van der Waals surface area contributed by atoms with Crippen molar-refractivity contribution in [1.82, 2.24) is 14.7 Å². The van der Waals surface area contributed by atoms with Crippen molar-refractivity contribution >= 4 is 29.2 Å². The number of anilines is 1. The normalized spacial score (nSPS) is 19.5. The van der Waals surface area contributed by atoms with Crippen LogP contribution in [-0.4, -0.2) is 72.5 Å². The number of likely N-dealkylation sites (N-methyl/N-ethyl adjacent to an activating group) is 1. The van der Waals surface area contributed by atoms with Crippen LogP contribution < -0.4 is 5.32 Å². The van der Waals surface area contributed by atoms with Gasteiger partial charge in [-0.2, -0.15) is 0 Å². The first-order valence-electron chi connectivity index (χ1n) is 10.3. The molecule has 0 unspecified atom stereocenters. The van der Waals surface area contributed by atoms with E-state index < -0.39 is 0 Å². The van der Waals surface area contributed by atoms with Crippen molar-refractivity contribution in [2.45, 2.75) is 38.6 Å². The summed E-state index contributed by atoms with van der Waals surface area (Å²) in [7, 11) is 1.89. The molecular weight excluding hydrogens is 376 g/mol. The number of halogens is 1. The second-order valence-electron chi connectivity index (χ2n) is 7.81. The molecule has 1 aromatic rings. The number of urea groups is 1. The molecule has 7 heteroatoms. The van der Waals surface area contributed by atoms with E-state index in [2.05, 4.69) is 10.2 Å². The molecule has 1 heterocycles. The Labute approximate surface area is 172 Å². The summed E-state index contributed by atoms with van der Waals surface area (Å²) in [5.41, 5.74) is 0.698. The molecule has 154 valence electrons. The number of rotatable bonds is 5. The third kappa shape index (κ3) is 4.97. The topological polar surface area (TPSA) is 55.9 Å². The zero-order chi connectivity index (χ0) is 20.1. The molecule has 2 fully saturated rings. The summed E-state index contributed by atoms with van der Waals surface area (Å²) in [5.74, 6) is 0.666. The Bertz CT molecular complexity index is 685. The summed E-state index contributed by atoms with van der Waals surface area (Å²) < 4.78 is 0. The van der Waals surface area contributed by atoms with E-state index in [1.54, 1.807) is 12.1 Å². The first kappa shape index (κ1) is 20.9. The van der Waals surface area contributed by atoms with Gasteiger partial charge >= 0.3 is 6.03 Å². The van der Waals surface area contributed by atoms with Crippen LogP contribution in [0.5, 0.6) is 0 Å². The van der Waals surface area contributed by atoms with E-state index >= 15 is 0 Å². The smallest absolute Gasteiger partial charge is 0.321 e. The van der Waals surface area contributed by atoms with Crippen LogP contribution in [0.4, 0.5) is 10.5 Å². The van der Waals surface area contributed by atoms with Gasteiger partial charge in [0.1, 0.15) is 0 Å². The molecule has 1 aromatic carbocycles. The Morgan fingerprint density at radius 3 is 2.50 bits per heavy atom. The molecule has 0 aromatic heterocycles. The lowest BCUT2D eigenvalue weighted by Crippen LogP contribution is -2.58. The van der Waals surface area contributed by atoms with Gasteiger partial charge in [-0.25, -0.2) is 4.79 Å². The number of carbonyl (C=O) groups excluding carboxylic acids is 2. The third-order valence-corrected chi connectivity index (χ3v) is 6.26. The van der Waals surface area contributed by atoms with Crippen molar-refractivity contribution < 1.29 is 9.59 Å². The zero-order valence-corrected chi connectivity index (χ0v) is 17.6. The molecule has 1 aliphatic heterocycles. The molecule has 3 rings (SSSR count). The lowest BCUT2D eigenvalue weighted by atomic mass is 9.94. The van der Waals surface area contributed by atoms with Crippen LogP contribution in [-0.2, 0) is 4.79 Å². The number of hydrogen-bond donors (Lipinski definition) is 1. The van der Waals surface area contributed by atoms with Crippen LogP contribution >= 0.6 is 11.6 Å². The monoisotopic (exact) mass is 406 g/mol. The Morgan fingerprint density at radius 2 is 1.89 bits per heavy atom. The molecule has 6 nitrogen and oxygen atoms in total. The summed E-state index contributed by atoms with van der Waals surface area (Å²) in [4.78, 5) is 31.6. The van der Waals surface area contributed by atoms with E-state index in [0.29, 0.717) is 29.7 Å². The largest absolute Gasteiger partial charge is 0.345 e. The average molecular weight is 407 g/mol. The van der Waals surface area contributed by atoms with Crippen molar-refractivity contribution in [2.24, 2.45) is 5.92 Å². The lowest BCUT2D eigenvalue weighted by Gasteiger charge is -2.41. The molecule has 0 bridgehead atoms. The number of nitrogens with one attached hydrogen (secondary N) is 1. The Hall–Kier alpha value is -1.79. The van der Waals surface area contributed by atoms with Gasteiger partial charge in [0, 0.05) is 50.5 Å². The maximum absolute atomic E-state index is 13.0. The minimum absolute atomic E-state index is 0.0504. The Kier molecular flexibility index (Phi) is 7.18. The summed E-state index contributed by atoms with van der Waals surface area (Å²) in [6.07, 6.45) is 4.69. The van der Waals surface area contributed by atoms with E-state index in [4.69, 9.17) is 11.6 Å². The predicted octanol–water partition coefficient (Wildman–Crippen LogP) is 3.53. The van der Waals surface area contributed by atoms with Crippen molar-refractivity contribution in [3.05, 3.63) is 29.3 Å². The minimum atomic E-state index is -0.115. The van der Waals surface area contributed by atoms with Crippen molar-refractivity contribution in [3.63, 3.8) is 0 Å². The summed E-state index contributed by atoms with van der Waals surface area (Å²) in [6.45, 7) is 5.45. The Morgan fingerprint density at radius 1 is 1.21 bits per heavy atom. The van der Waals surface area contributed by atoms with Crippen LogP contribution in [0.1, 0.15) is 32.6 Å². The van der Waals surface area contributed by atoms with Gasteiger partial charge < -0.3 is 15.1 Å². The molecule has 28 heavy (non-hydrogen) atoms. The van der Waals surface area contributed by atoms with Gasteiger partial charge in [0.15, 0.2) is 0 Å². The molecule has 2 aliphatic rings. The van der Waals surface area contributed by atoms with Gasteiger partial charge in [-0.1, -0.05) is 30.5 Å². The van der Waals surface area contributed by atoms with Crippen molar-refractivity contribution in [3.8, 4) is 0 Å². The first-order valence-corrected chi connectivity index (χ1v) is 10.7. The van der Waals surface area contributed by atoms with Crippen molar-refractivity contribution in [2.75, 3.05) is 45.1 Å². The van der Waals surface area contributed by atoms with Crippen LogP contribution in [0.2, 0.25) is 5.02 Å². The maximum atomic E-state index is 13.0. The van der Waals surface area contributed by atoms with Crippen LogP contribution in [0.15, 0.2) is 24.3 Å². The lowest BCUT2D eigenvalue weighted by molar-refractivity contribution is -0.138. The zero-order valence-electron chi connectivity index (χ0n) is 16.9. The van der Waals surface area contributed by atoms with E-state index in [1.807, 2.05) is 35.9 Å². The molecule has 1 saturated carbocycles.